The summed E-state index contributed by atoms with van der Waals surface area (Å²) < 4.78 is 5.32. The van der Waals surface area contributed by atoms with Crippen LogP contribution >= 0.6 is 23.2 Å². The molecular formula is C17H17Cl2NO. The first-order chi connectivity index (χ1) is 10.1. The molecule has 1 unspecified atom stereocenters. The molecule has 1 N–H and O–H groups in total. The molecule has 0 aromatic heterocycles. The molecule has 0 saturated carbocycles. The minimum absolute atomic E-state index is 0.242. The van der Waals surface area contributed by atoms with E-state index in [1.165, 1.54) is 11.1 Å². The van der Waals surface area contributed by atoms with E-state index < -0.39 is 0 Å². The molecule has 0 spiro atoms. The Morgan fingerprint density at radius 2 is 1.95 bits per heavy atom. The highest BCUT2D eigenvalue weighted by molar-refractivity contribution is 6.35. The maximum atomic E-state index is 6.32. The Kier molecular flexibility index (Phi) is 4.01. The zero-order valence-corrected chi connectivity index (χ0v) is 13.6. The molecule has 0 saturated heterocycles. The molecule has 4 heteroatoms. The van der Waals surface area contributed by atoms with Gasteiger partial charge >= 0.3 is 0 Å². The van der Waals surface area contributed by atoms with Gasteiger partial charge in [-0.25, -0.2) is 0 Å². The number of nitrogens with one attached hydrogen (secondary N) is 1. The fourth-order valence-corrected chi connectivity index (χ4v) is 3.24. The van der Waals surface area contributed by atoms with Gasteiger partial charge < -0.3 is 10.1 Å². The van der Waals surface area contributed by atoms with Crippen LogP contribution in [0.1, 0.15) is 29.2 Å². The predicted molar refractivity (Wildman–Crippen MR) is 88.9 cm³/mol. The minimum Gasteiger partial charge on any atom is -0.497 e. The molecule has 1 aliphatic carbocycles. The third kappa shape index (κ3) is 2.83. The lowest BCUT2D eigenvalue weighted by Gasteiger charge is -2.18. The topological polar surface area (TPSA) is 21.3 Å². The molecule has 3 rings (SSSR count). The zero-order valence-electron chi connectivity index (χ0n) is 12.0. The highest BCUT2D eigenvalue weighted by atomic mass is 35.5. The van der Waals surface area contributed by atoms with Crippen molar-refractivity contribution in [3.05, 3.63) is 57.1 Å². The number of benzene rings is 2. The van der Waals surface area contributed by atoms with Crippen molar-refractivity contribution in [1.29, 1.82) is 0 Å². The monoisotopic (exact) mass is 321 g/mol. The zero-order chi connectivity index (χ0) is 15.0. The third-order valence-corrected chi connectivity index (χ3v) is 4.73. The first-order valence-electron chi connectivity index (χ1n) is 6.97. The van der Waals surface area contributed by atoms with Gasteiger partial charge in [-0.2, -0.15) is 0 Å². The smallest absolute Gasteiger partial charge is 0.119 e. The summed E-state index contributed by atoms with van der Waals surface area (Å²) in [6, 6.07) is 10.3. The highest BCUT2D eigenvalue weighted by Gasteiger charge is 2.23. The van der Waals surface area contributed by atoms with Crippen LogP contribution in [0.2, 0.25) is 10.0 Å². The second-order valence-electron chi connectivity index (χ2n) is 5.38. The van der Waals surface area contributed by atoms with E-state index in [1.54, 1.807) is 7.11 Å². The maximum Gasteiger partial charge on any atom is 0.119 e. The van der Waals surface area contributed by atoms with E-state index in [2.05, 4.69) is 17.4 Å². The fraction of sp³-hybridized carbons (Fsp3) is 0.294. The molecule has 2 nitrogen and oxygen atoms in total. The Hall–Kier alpha value is -1.38. The molecule has 110 valence electrons. The summed E-state index contributed by atoms with van der Waals surface area (Å²) in [6.45, 7) is 1.95. The number of hydrogen-bond acceptors (Lipinski definition) is 2. The van der Waals surface area contributed by atoms with Gasteiger partial charge in [-0.3, -0.25) is 0 Å². The molecule has 21 heavy (non-hydrogen) atoms. The number of rotatable bonds is 3. The molecule has 0 aliphatic heterocycles. The summed E-state index contributed by atoms with van der Waals surface area (Å²) in [4.78, 5) is 0. The van der Waals surface area contributed by atoms with Crippen molar-refractivity contribution >= 4 is 28.9 Å². The van der Waals surface area contributed by atoms with E-state index in [9.17, 15) is 0 Å². The van der Waals surface area contributed by atoms with Crippen molar-refractivity contribution in [3.63, 3.8) is 0 Å². The SMILES string of the molecule is COc1ccc2c(c1)C(Nc1cc(Cl)c(C)cc1Cl)CC2. The number of hydrogen-bond donors (Lipinski definition) is 1. The first-order valence-corrected chi connectivity index (χ1v) is 7.73. The Morgan fingerprint density at radius 1 is 1.14 bits per heavy atom. The maximum absolute atomic E-state index is 6.32. The van der Waals surface area contributed by atoms with Crippen molar-refractivity contribution in [3.8, 4) is 5.75 Å². The summed E-state index contributed by atoms with van der Waals surface area (Å²) >= 11 is 12.5. The largest absolute Gasteiger partial charge is 0.497 e. The van der Waals surface area contributed by atoms with Gasteiger partial charge in [0.2, 0.25) is 0 Å². The molecule has 0 fully saturated rings. The Bertz CT molecular complexity index is 685. The van der Waals surface area contributed by atoms with Crippen LogP contribution in [0.25, 0.3) is 0 Å². The van der Waals surface area contributed by atoms with Gasteiger partial charge in [0.15, 0.2) is 0 Å². The molecule has 0 amide bonds. The average molecular weight is 322 g/mol. The van der Waals surface area contributed by atoms with Crippen LogP contribution in [-0.2, 0) is 6.42 Å². The Labute approximate surface area is 135 Å². The molecule has 1 atom stereocenters. The number of methoxy groups -OCH3 is 1. The second kappa shape index (κ2) is 5.78. The molecule has 0 heterocycles. The highest BCUT2D eigenvalue weighted by Crippen LogP contribution is 2.38. The van der Waals surface area contributed by atoms with Gasteiger partial charge in [0.1, 0.15) is 5.75 Å². The normalized spacial score (nSPS) is 16.7. The second-order valence-corrected chi connectivity index (χ2v) is 6.20. The van der Waals surface area contributed by atoms with Gasteiger partial charge in [0.25, 0.3) is 0 Å². The summed E-state index contributed by atoms with van der Waals surface area (Å²) in [5.74, 6) is 0.885. The Morgan fingerprint density at radius 3 is 2.71 bits per heavy atom. The summed E-state index contributed by atoms with van der Waals surface area (Å²) in [5.41, 5.74) is 4.51. The van der Waals surface area contributed by atoms with Gasteiger partial charge in [-0.15, -0.1) is 0 Å². The minimum atomic E-state index is 0.242. The first kappa shape index (κ1) is 14.6. The van der Waals surface area contributed by atoms with E-state index in [-0.39, 0.29) is 6.04 Å². The third-order valence-electron chi connectivity index (χ3n) is 4.01. The van der Waals surface area contributed by atoms with Crippen molar-refractivity contribution in [2.24, 2.45) is 0 Å². The molecule has 0 bridgehead atoms. The van der Waals surface area contributed by atoms with Crippen LogP contribution in [0, 0.1) is 6.92 Å². The summed E-state index contributed by atoms with van der Waals surface area (Å²) in [6.07, 6.45) is 2.11. The number of aryl methyl sites for hydroxylation is 2. The summed E-state index contributed by atoms with van der Waals surface area (Å²) in [5, 5.41) is 4.94. The van der Waals surface area contributed by atoms with Crippen molar-refractivity contribution < 1.29 is 4.74 Å². The van der Waals surface area contributed by atoms with Crippen LogP contribution in [0.3, 0.4) is 0 Å². The van der Waals surface area contributed by atoms with Crippen molar-refractivity contribution in [1.82, 2.24) is 0 Å². The van der Waals surface area contributed by atoms with Gasteiger partial charge in [-0.05, 0) is 60.7 Å². The number of ether oxygens (including phenoxy) is 1. The lowest BCUT2D eigenvalue weighted by atomic mass is 10.1. The van der Waals surface area contributed by atoms with Crippen LogP contribution in [0.15, 0.2) is 30.3 Å². The van der Waals surface area contributed by atoms with Gasteiger partial charge in [0.05, 0.1) is 23.9 Å². The van der Waals surface area contributed by atoms with E-state index in [0.29, 0.717) is 5.02 Å². The molecule has 2 aromatic carbocycles. The number of fused-ring (bicyclic) bond motifs is 1. The van der Waals surface area contributed by atoms with Crippen molar-refractivity contribution in [2.45, 2.75) is 25.8 Å². The van der Waals surface area contributed by atoms with Gasteiger partial charge in [0, 0.05) is 5.02 Å². The van der Waals surface area contributed by atoms with Gasteiger partial charge in [-0.1, -0.05) is 29.3 Å². The number of halogens is 2. The fourth-order valence-electron chi connectivity index (χ4n) is 2.80. The van der Waals surface area contributed by atoms with Crippen LogP contribution in [0.5, 0.6) is 5.75 Å². The molecule has 0 radical (unpaired) electrons. The van der Waals surface area contributed by atoms with E-state index in [4.69, 9.17) is 27.9 Å². The van der Waals surface area contributed by atoms with Crippen LogP contribution in [0.4, 0.5) is 5.69 Å². The standard InChI is InChI=1S/C17H17Cl2NO/c1-10-7-15(19)17(9-14(10)18)20-16-6-4-11-3-5-12(21-2)8-13(11)16/h3,5,7-9,16,20H,4,6H2,1-2H3. The predicted octanol–water partition coefficient (Wildman–Crippen LogP) is 5.41. The van der Waals surface area contributed by atoms with Crippen molar-refractivity contribution in [2.75, 3.05) is 12.4 Å². The summed E-state index contributed by atoms with van der Waals surface area (Å²) in [7, 11) is 1.69. The lowest BCUT2D eigenvalue weighted by molar-refractivity contribution is 0.414. The van der Waals surface area contributed by atoms with E-state index in [1.807, 2.05) is 25.1 Å². The Balaban J connectivity index is 1.90. The van der Waals surface area contributed by atoms with E-state index >= 15 is 0 Å². The molecule has 2 aromatic rings. The molecule has 1 aliphatic rings. The van der Waals surface area contributed by atoms with Crippen LogP contribution < -0.4 is 10.1 Å². The quantitative estimate of drug-likeness (QED) is 0.816. The van der Waals surface area contributed by atoms with E-state index in [0.717, 1.165) is 34.9 Å². The van der Waals surface area contributed by atoms with Crippen LogP contribution in [-0.4, -0.2) is 7.11 Å². The number of anilines is 1. The lowest BCUT2D eigenvalue weighted by Crippen LogP contribution is -2.08. The average Bonchev–Trinajstić information content (AvgIpc) is 2.87. The molecular weight excluding hydrogens is 305 g/mol.